The molecule has 5 nitrogen and oxygen atoms in total. The van der Waals surface area contributed by atoms with Crippen molar-refractivity contribution in [1.29, 1.82) is 0 Å². The predicted octanol–water partition coefficient (Wildman–Crippen LogP) is 2.72. The largest absolute Gasteiger partial charge is 0.381 e. The highest BCUT2D eigenvalue weighted by Gasteiger charge is 2.53. The number of methoxy groups -OCH3 is 1. The fourth-order valence-electron chi connectivity index (χ4n) is 3.54. The second-order valence-corrected chi connectivity index (χ2v) is 6.65. The monoisotopic (exact) mass is 307 g/mol. The lowest BCUT2D eigenvalue weighted by Crippen LogP contribution is -2.64. The highest BCUT2D eigenvalue weighted by molar-refractivity contribution is 7.18. The summed E-state index contributed by atoms with van der Waals surface area (Å²) in [6.45, 7) is 4.35. The Morgan fingerprint density at radius 2 is 2.33 bits per heavy atom. The summed E-state index contributed by atoms with van der Waals surface area (Å²) in [7, 11) is 1.76. The molecule has 2 unspecified atom stereocenters. The Bertz CT molecular complexity index is 616. The van der Waals surface area contributed by atoms with Gasteiger partial charge in [-0.2, -0.15) is 0 Å². The van der Waals surface area contributed by atoms with Crippen LogP contribution in [0.5, 0.6) is 0 Å². The molecule has 1 aliphatic rings. The maximum atomic E-state index is 12.4. The lowest BCUT2D eigenvalue weighted by molar-refractivity contribution is -0.120. The first-order valence-electron chi connectivity index (χ1n) is 7.40. The van der Waals surface area contributed by atoms with E-state index in [9.17, 15) is 4.79 Å². The number of hydrogen-bond donors (Lipinski definition) is 1. The van der Waals surface area contributed by atoms with Crippen LogP contribution in [0.1, 0.15) is 42.8 Å². The Labute approximate surface area is 128 Å². The van der Waals surface area contributed by atoms with Crippen LogP contribution in [0.3, 0.4) is 0 Å². The second kappa shape index (κ2) is 5.42. The summed E-state index contributed by atoms with van der Waals surface area (Å²) >= 11 is 1.42. The minimum absolute atomic E-state index is 0.00340. The third-order valence-electron chi connectivity index (χ3n) is 5.01. The number of aromatic nitrogens is 2. The maximum absolute atomic E-state index is 12.4. The Balaban J connectivity index is 1.74. The summed E-state index contributed by atoms with van der Waals surface area (Å²) in [4.78, 5) is 18.2. The number of imidazole rings is 1. The van der Waals surface area contributed by atoms with Gasteiger partial charge in [0.25, 0.3) is 5.91 Å². The Morgan fingerprint density at radius 3 is 2.95 bits per heavy atom. The lowest BCUT2D eigenvalue weighted by atomic mass is 9.58. The normalized spacial score (nSPS) is 24.0. The molecule has 0 aromatic carbocycles. The first kappa shape index (κ1) is 14.5. The van der Waals surface area contributed by atoms with Gasteiger partial charge in [-0.05, 0) is 19.3 Å². The number of hydrogen-bond acceptors (Lipinski definition) is 4. The molecule has 1 saturated carbocycles. The quantitative estimate of drug-likeness (QED) is 0.924. The van der Waals surface area contributed by atoms with Crippen LogP contribution in [0, 0.1) is 5.41 Å². The molecule has 1 fully saturated rings. The number of carbonyl (C=O) groups excluding carboxylic acids is 1. The molecule has 1 amide bonds. The first-order chi connectivity index (χ1) is 10.1. The number of ether oxygens (including phenoxy) is 1. The molecule has 2 atom stereocenters. The van der Waals surface area contributed by atoms with Gasteiger partial charge in [-0.1, -0.05) is 25.2 Å². The summed E-state index contributed by atoms with van der Waals surface area (Å²) in [6, 6.07) is 0.194. The highest BCUT2D eigenvalue weighted by Crippen LogP contribution is 2.48. The Kier molecular flexibility index (Phi) is 3.75. The summed E-state index contributed by atoms with van der Waals surface area (Å²) in [6.07, 6.45) is 8.61. The molecule has 0 spiro atoms. The van der Waals surface area contributed by atoms with Crippen LogP contribution < -0.4 is 5.32 Å². The van der Waals surface area contributed by atoms with Crippen molar-refractivity contribution in [2.45, 2.75) is 45.3 Å². The van der Waals surface area contributed by atoms with Gasteiger partial charge in [0.2, 0.25) is 0 Å². The Hall–Kier alpha value is -1.40. The van der Waals surface area contributed by atoms with E-state index in [4.69, 9.17) is 4.74 Å². The minimum atomic E-state index is -0.00340. The zero-order valence-corrected chi connectivity index (χ0v) is 13.4. The zero-order chi connectivity index (χ0) is 15.0. The number of nitrogens with one attached hydrogen (secondary N) is 1. The molecule has 6 heteroatoms. The average Bonchev–Trinajstić information content (AvgIpc) is 3.05. The molecule has 21 heavy (non-hydrogen) atoms. The van der Waals surface area contributed by atoms with E-state index in [0.29, 0.717) is 4.88 Å². The topological polar surface area (TPSA) is 55.6 Å². The van der Waals surface area contributed by atoms with Gasteiger partial charge in [0.1, 0.15) is 4.88 Å². The van der Waals surface area contributed by atoms with Gasteiger partial charge in [0, 0.05) is 37.2 Å². The minimum Gasteiger partial charge on any atom is -0.381 e. The average molecular weight is 307 g/mol. The highest BCUT2D eigenvalue weighted by atomic mass is 32.1. The molecular formula is C15H21N3O2S. The molecule has 0 saturated heterocycles. The fourth-order valence-corrected chi connectivity index (χ4v) is 4.39. The molecule has 0 radical (unpaired) electrons. The summed E-state index contributed by atoms with van der Waals surface area (Å²) in [5.41, 5.74) is 0.0712. The van der Waals surface area contributed by atoms with E-state index in [0.717, 1.165) is 24.2 Å². The third kappa shape index (κ3) is 2.17. The van der Waals surface area contributed by atoms with Gasteiger partial charge < -0.3 is 10.1 Å². The van der Waals surface area contributed by atoms with Crippen molar-refractivity contribution in [3.63, 3.8) is 0 Å². The van der Waals surface area contributed by atoms with Crippen molar-refractivity contribution in [1.82, 2.24) is 14.7 Å². The number of amides is 1. The number of rotatable bonds is 5. The predicted molar refractivity (Wildman–Crippen MR) is 82.8 cm³/mol. The molecular weight excluding hydrogens is 286 g/mol. The summed E-state index contributed by atoms with van der Waals surface area (Å²) in [5, 5.41) is 3.19. The first-order valence-corrected chi connectivity index (χ1v) is 8.22. The van der Waals surface area contributed by atoms with E-state index in [2.05, 4.69) is 24.1 Å². The van der Waals surface area contributed by atoms with Crippen LogP contribution in [0.2, 0.25) is 0 Å². The smallest absolute Gasteiger partial charge is 0.263 e. The van der Waals surface area contributed by atoms with Crippen LogP contribution in [0.25, 0.3) is 4.96 Å². The molecule has 0 bridgehead atoms. The van der Waals surface area contributed by atoms with Gasteiger partial charge in [-0.3, -0.25) is 9.20 Å². The van der Waals surface area contributed by atoms with Crippen molar-refractivity contribution in [3.05, 3.63) is 23.5 Å². The van der Waals surface area contributed by atoms with Gasteiger partial charge in [0.15, 0.2) is 4.96 Å². The van der Waals surface area contributed by atoms with E-state index >= 15 is 0 Å². The summed E-state index contributed by atoms with van der Waals surface area (Å²) < 4.78 is 7.45. The van der Waals surface area contributed by atoms with Gasteiger partial charge in [-0.25, -0.2) is 4.98 Å². The molecule has 2 aromatic heterocycles. The van der Waals surface area contributed by atoms with Crippen LogP contribution in [-0.4, -0.2) is 34.5 Å². The van der Waals surface area contributed by atoms with Crippen molar-refractivity contribution in [2.24, 2.45) is 5.41 Å². The van der Waals surface area contributed by atoms with Gasteiger partial charge in [0.05, 0.1) is 6.10 Å². The van der Waals surface area contributed by atoms with E-state index < -0.39 is 0 Å². The number of thiazole rings is 1. The van der Waals surface area contributed by atoms with Crippen LogP contribution >= 0.6 is 11.3 Å². The van der Waals surface area contributed by atoms with Crippen molar-refractivity contribution >= 4 is 22.2 Å². The molecule has 3 rings (SSSR count). The maximum Gasteiger partial charge on any atom is 0.263 e. The SMILES string of the molecule is CCC1(CC)C(NC(=O)c2cn3ccnc3s2)CC1OC. The number of fused-ring (bicyclic) bond motifs is 1. The molecule has 1 N–H and O–H groups in total. The van der Waals surface area contributed by atoms with Crippen molar-refractivity contribution in [3.8, 4) is 0 Å². The van der Waals surface area contributed by atoms with Crippen LogP contribution in [0.15, 0.2) is 18.6 Å². The van der Waals surface area contributed by atoms with E-state index in [-0.39, 0.29) is 23.5 Å². The molecule has 2 aromatic rings. The van der Waals surface area contributed by atoms with E-state index in [1.165, 1.54) is 11.3 Å². The fraction of sp³-hybridized carbons (Fsp3) is 0.600. The van der Waals surface area contributed by atoms with E-state index in [1.54, 1.807) is 13.3 Å². The van der Waals surface area contributed by atoms with E-state index in [1.807, 2.05) is 16.8 Å². The molecule has 2 heterocycles. The summed E-state index contributed by atoms with van der Waals surface area (Å²) in [5.74, 6) is -0.00340. The zero-order valence-electron chi connectivity index (χ0n) is 12.6. The molecule has 1 aliphatic carbocycles. The van der Waals surface area contributed by atoms with Crippen LogP contribution in [-0.2, 0) is 4.74 Å². The van der Waals surface area contributed by atoms with Gasteiger partial charge in [-0.15, -0.1) is 0 Å². The van der Waals surface area contributed by atoms with Crippen LogP contribution in [0.4, 0.5) is 0 Å². The van der Waals surface area contributed by atoms with Crippen molar-refractivity contribution < 1.29 is 9.53 Å². The van der Waals surface area contributed by atoms with Crippen molar-refractivity contribution in [2.75, 3.05) is 7.11 Å². The molecule has 0 aliphatic heterocycles. The Morgan fingerprint density at radius 1 is 1.57 bits per heavy atom. The number of carbonyl (C=O) groups is 1. The number of nitrogens with zero attached hydrogens (tertiary/aromatic N) is 2. The molecule has 114 valence electrons. The third-order valence-corrected chi connectivity index (χ3v) is 6.02. The van der Waals surface area contributed by atoms with Gasteiger partial charge >= 0.3 is 0 Å². The second-order valence-electron chi connectivity index (χ2n) is 5.64. The standard InChI is InChI=1S/C15H21N3O2S/c1-4-15(5-2)11(8-12(15)20-3)17-13(19)10-9-18-7-6-16-14(18)21-10/h6-7,9,11-12H,4-5,8H2,1-3H3,(H,17,19). The lowest BCUT2D eigenvalue weighted by Gasteiger charge is -2.55.